The lowest BCUT2D eigenvalue weighted by Gasteiger charge is -2.33. The summed E-state index contributed by atoms with van der Waals surface area (Å²) in [6.07, 6.45) is 2.40. The Morgan fingerprint density at radius 1 is 1.41 bits per heavy atom. The van der Waals surface area contributed by atoms with Crippen molar-refractivity contribution in [2.75, 3.05) is 11.9 Å². The number of benzene rings is 1. The number of halogens is 1. The smallest absolute Gasteiger partial charge is 0.228 e. The minimum atomic E-state index is -0.431. The van der Waals surface area contributed by atoms with Gasteiger partial charge in [-0.15, -0.1) is 12.4 Å². The molecule has 6 heteroatoms. The van der Waals surface area contributed by atoms with E-state index in [1.165, 1.54) is 0 Å². The van der Waals surface area contributed by atoms with Gasteiger partial charge in [0.2, 0.25) is 11.8 Å². The molecule has 4 N–H and O–H groups in total. The Morgan fingerprint density at radius 3 is 2.73 bits per heavy atom. The van der Waals surface area contributed by atoms with E-state index in [0.29, 0.717) is 12.5 Å². The molecule has 1 aromatic rings. The van der Waals surface area contributed by atoms with Crippen molar-refractivity contribution in [3.8, 4) is 0 Å². The van der Waals surface area contributed by atoms with Crippen LogP contribution in [0.4, 0.5) is 5.69 Å². The summed E-state index contributed by atoms with van der Waals surface area (Å²) < 4.78 is 0. The molecule has 0 spiro atoms. The van der Waals surface area contributed by atoms with Crippen LogP contribution in [0, 0.1) is 5.92 Å². The van der Waals surface area contributed by atoms with E-state index in [2.05, 4.69) is 10.6 Å². The van der Waals surface area contributed by atoms with Crippen molar-refractivity contribution in [2.24, 2.45) is 11.7 Å². The number of nitrogens with two attached hydrogens (primary N) is 1. The van der Waals surface area contributed by atoms with Gasteiger partial charge >= 0.3 is 0 Å². The Kier molecular flexibility index (Phi) is 4.78. The maximum atomic E-state index is 12.7. The number of carbonyl (C=O) groups is 2. The summed E-state index contributed by atoms with van der Waals surface area (Å²) in [7, 11) is 0. The third-order valence-electron chi connectivity index (χ3n) is 4.63. The highest BCUT2D eigenvalue weighted by atomic mass is 35.5. The normalized spacial score (nSPS) is 22.6. The second-order valence-electron chi connectivity index (χ2n) is 6.28. The Hall–Kier alpha value is -1.59. The van der Waals surface area contributed by atoms with Crippen molar-refractivity contribution in [1.29, 1.82) is 0 Å². The molecule has 1 fully saturated rings. The van der Waals surface area contributed by atoms with Crippen LogP contribution >= 0.6 is 12.4 Å². The summed E-state index contributed by atoms with van der Waals surface area (Å²) in [5.74, 6) is -0.189. The summed E-state index contributed by atoms with van der Waals surface area (Å²) in [6.45, 7) is 2.42. The molecule has 1 heterocycles. The zero-order valence-electron chi connectivity index (χ0n) is 12.6. The zero-order chi connectivity index (χ0) is 15.0. The van der Waals surface area contributed by atoms with Crippen molar-refractivity contribution in [2.45, 2.75) is 37.6 Å². The fourth-order valence-electron chi connectivity index (χ4n) is 3.05. The van der Waals surface area contributed by atoms with Crippen LogP contribution in [0.5, 0.6) is 0 Å². The van der Waals surface area contributed by atoms with Gasteiger partial charge in [0.05, 0.1) is 11.5 Å². The van der Waals surface area contributed by atoms with Gasteiger partial charge in [-0.25, -0.2) is 0 Å². The van der Waals surface area contributed by atoms with Crippen LogP contribution in [-0.2, 0) is 9.59 Å². The van der Waals surface area contributed by atoms with Gasteiger partial charge in [-0.1, -0.05) is 18.2 Å². The van der Waals surface area contributed by atoms with Crippen molar-refractivity contribution < 1.29 is 9.59 Å². The minimum absolute atomic E-state index is 0. The molecule has 1 aliphatic carbocycles. The lowest BCUT2D eigenvalue weighted by Crippen LogP contribution is -2.54. The largest absolute Gasteiger partial charge is 0.349 e. The summed E-state index contributed by atoms with van der Waals surface area (Å²) in [4.78, 5) is 24.5. The summed E-state index contributed by atoms with van der Waals surface area (Å²) in [5, 5.41) is 5.91. The average molecular weight is 324 g/mol. The molecule has 3 rings (SSSR count). The monoisotopic (exact) mass is 323 g/mol. The first-order valence-electron chi connectivity index (χ1n) is 7.44. The quantitative estimate of drug-likeness (QED) is 0.789. The molecule has 2 aliphatic rings. The van der Waals surface area contributed by atoms with Crippen molar-refractivity contribution >= 4 is 29.9 Å². The molecule has 0 radical (unpaired) electrons. The van der Waals surface area contributed by atoms with Gasteiger partial charge in [0, 0.05) is 18.7 Å². The molecule has 0 saturated heterocycles. The first-order chi connectivity index (χ1) is 10.0. The number of nitrogens with one attached hydrogen (secondary N) is 2. The Labute approximate surface area is 136 Å². The highest BCUT2D eigenvalue weighted by molar-refractivity contribution is 6.01. The topological polar surface area (TPSA) is 84.2 Å². The van der Waals surface area contributed by atoms with Crippen LogP contribution in [-0.4, -0.2) is 23.9 Å². The number of para-hydroxylation sites is 1. The van der Waals surface area contributed by atoms with Crippen LogP contribution < -0.4 is 16.4 Å². The Balaban J connectivity index is 0.00000176. The second-order valence-corrected chi connectivity index (χ2v) is 6.28. The Morgan fingerprint density at radius 2 is 2.09 bits per heavy atom. The van der Waals surface area contributed by atoms with Gasteiger partial charge < -0.3 is 16.4 Å². The number of rotatable bonds is 4. The van der Waals surface area contributed by atoms with Crippen LogP contribution in [0.15, 0.2) is 24.3 Å². The van der Waals surface area contributed by atoms with E-state index >= 15 is 0 Å². The van der Waals surface area contributed by atoms with Crippen LogP contribution in [0.3, 0.4) is 0 Å². The lowest BCUT2D eigenvalue weighted by molar-refractivity contribution is -0.127. The number of hydrogen-bond donors (Lipinski definition) is 3. The van der Waals surface area contributed by atoms with E-state index in [4.69, 9.17) is 5.73 Å². The molecule has 1 saturated carbocycles. The van der Waals surface area contributed by atoms with Gasteiger partial charge in [-0.2, -0.15) is 0 Å². The molecule has 5 nitrogen and oxygen atoms in total. The summed E-state index contributed by atoms with van der Waals surface area (Å²) in [5.41, 5.74) is 7.10. The standard InChI is InChI=1S/C16H21N3O2.ClH/c1-16(9-17,10-6-7-10)19-15(21)12-8-14(20)18-13-5-3-2-4-11(12)13;/h2-5,10,12H,6-9,17H2,1H3,(H,18,20)(H,19,21);1H. The fourth-order valence-corrected chi connectivity index (χ4v) is 3.05. The van der Waals surface area contributed by atoms with Gasteiger partial charge in [0.1, 0.15) is 0 Å². The molecule has 120 valence electrons. The molecular weight excluding hydrogens is 302 g/mol. The van der Waals surface area contributed by atoms with Crippen LogP contribution in [0.2, 0.25) is 0 Å². The molecular formula is C16H22ClN3O2. The summed E-state index contributed by atoms with van der Waals surface area (Å²) in [6, 6.07) is 7.47. The molecule has 0 aromatic heterocycles. The fraction of sp³-hybridized carbons (Fsp3) is 0.500. The number of anilines is 1. The maximum absolute atomic E-state index is 12.7. The number of amides is 2. The number of fused-ring (bicyclic) bond motifs is 1. The molecule has 22 heavy (non-hydrogen) atoms. The third kappa shape index (κ3) is 3.10. The van der Waals surface area contributed by atoms with Crippen molar-refractivity contribution in [3.05, 3.63) is 29.8 Å². The van der Waals surface area contributed by atoms with Gasteiger partial charge in [-0.3, -0.25) is 9.59 Å². The van der Waals surface area contributed by atoms with E-state index in [9.17, 15) is 9.59 Å². The molecule has 0 bridgehead atoms. The predicted octanol–water partition coefficient (Wildman–Crippen LogP) is 1.78. The van der Waals surface area contributed by atoms with Crippen molar-refractivity contribution in [3.63, 3.8) is 0 Å². The third-order valence-corrected chi connectivity index (χ3v) is 4.63. The van der Waals surface area contributed by atoms with E-state index in [-0.39, 0.29) is 36.2 Å². The minimum Gasteiger partial charge on any atom is -0.349 e. The predicted molar refractivity (Wildman–Crippen MR) is 88.0 cm³/mol. The van der Waals surface area contributed by atoms with Crippen LogP contribution in [0.25, 0.3) is 0 Å². The first-order valence-corrected chi connectivity index (χ1v) is 7.44. The molecule has 1 aromatic carbocycles. The molecule has 2 atom stereocenters. The van der Waals surface area contributed by atoms with Gasteiger partial charge in [-0.05, 0) is 37.3 Å². The van der Waals surface area contributed by atoms with Gasteiger partial charge in [0.15, 0.2) is 0 Å². The van der Waals surface area contributed by atoms with E-state index in [1.54, 1.807) is 0 Å². The van der Waals surface area contributed by atoms with E-state index < -0.39 is 5.92 Å². The number of hydrogen-bond acceptors (Lipinski definition) is 3. The highest BCUT2D eigenvalue weighted by Gasteiger charge is 2.43. The maximum Gasteiger partial charge on any atom is 0.228 e. The van der Waals surface area contributed by atoms with E-state index in [1.807, 2.05) is 31.2 Å². The highest BCUT2D eigenvalue weighted by Crippen LogP contribution is 2.40. The average Bonchev–Trinajstić information content (AvgIpc) is 3.31. The molecule has 1 aliphatic heterocycles. The van der Waals surface area contributed by atoms with Crippen molar-refractivity contribution in [1.82, 2.24) is 5.32 Å². The van der Waals surface area contributed by atoms with Crippen LogP contribution in [0.1, 0.15) is 37.7 Å². The molecule has 2 amide bonds. The second kappa shape index (κ2) is 6.26. The SMILES string of the molecule is CC(CN)(NC(=O)C1CC(=O)Nc2ccccc21)C1CC1.Cl. The first kappa shape index (κ1) is 16.8. The summed E-state index contributed by atoms with van der Waals surface area (Å²) >= 11 is 0. The Bertz CT molecular complexity index is 589. The zero-order valence-corrected chi connectivity index (χ0v) is 13.4. The van der Waals surface area contributed by atoms with E-state index in [0.717, 1.165) is 24.1 Å². The number of carbonyl (C=O) groups excluding carboxylic acids is 2. The molecule has 2 unspecified atom stereocenters. The van der Waals surface area contributed by atoms with Gasteiger partial charge in [0.25, 0.3) is 0 Å². The lowest BCUT2D eigenvalue weighted by atomic mass is 9.87.